The maximum Gasteiger partial charge on any atom is 0.306 e. The van der Waals surface area contributed by atoms with Gasteiger partial charge in [0.2, 0.25) is 0 Å². The molecule has 0 heterocycles. The van der Waals surface area contributed by atoms with E-state index in [4.69, 9.17) is 14.2 Å². The number of esters is 3. The van der Waals surface area contributed by atoms with Crippen LogP contribution in [-0.4, -0.2) is 41.5 Å². The Morgan fingerprint density at radius 3 is 2.31 bits per heavy atom. The number of allylic oxidation sites excluding steroid dienone is 2. The van der Waals surface area contributed by atoms with Gasteiger partial charge in [-0.05, 0) is 62.4 Å². The van der Waals surface area contributed by atoms with Crippen molar-refractivity contribution in [3.05, 3.63) is 23.3 Å². The van der Waals surface area contributed by atoms with Gasteiger partial charge in [0, 0.05) is 38.0 Å². The van der Waals surface area contributed by atoms with E-state index in [2.05, 4.69) is 32.9 Å². The van der Waals surface area contributed by atoms with Gasteiger partial charge in [0.25, 0.3) is 0 Å². The van der Waals surface area contributed by atoms with Crippen LogP contribution < -0.4 is 0 Å². The lowest BCUT2D eigenvalue weighted by molar-refractivity contribution is -0.216. The van der Waals surface area contributed by atoms with Crippen molar-refractivity contribution in [2.45, 2.75) is 130 Å². The maximum absolute atomic E-state index is 12.8. The number of carbonyl (C=O) groups excluding carboxylic acids is 4. The molecule has 0 aromatic rings. The Kier molecular flexibility index (Phi) is 8.49. The zero-order valence-electron chi connectivity index (χ0n) is 24.6. The molecule has 4 rings (SSSR count). The second kappa shape index (κ2) is 11.2. The van der Waals surface area contributed by atoms with E-state index >= 15 is 0 Å². The van der Waals surface area contributed by atoms with Crippen molar-refractivity contribution in [1.29, 1.82) is 0 Å². The monoisotopic (exact) mass is 542 g/mol. The van der Waals surface area contributed by atoms with E-state index in [9.17, 15) is 19.2 Å². The van der Waals surface area contributed by atoms with Gasteiger partial charge in [-0.2, -0.15) is 0 Å². The predicted octanol–water partition coefficient (Wildman–Crippen LogP) is 6.18. The van der Waals surface area contributed by atoms with Gasteiger partial charge < -0.3 is 14.2 Å². The summed E-state index contributed by atoms with van der Waals surface area (Å²) in [5, 5.41) is 0. The first-order valence-electron chi connectivity index (χ1n) is 14.9. The summed E-state index contributed by atoms with van der Waals surface area (Å²) in [7, 11) is 0. The largest absolute Gasteiger partial charge is 0.462 e. The molecule has 0 aliphatic heterocycles. The van der Waals surface area contributed by atoms with Crippen LogP contribution in [0.2, 0.25) is 0 Å². The molecule has 2 unspecified atom stereocenters. The topological polar surface area (TPSA) is 96.0 Å². The van der Waals surface area contributed by atoms with Crippen LogP contribution in [0.1, 0.15) is 112 Å². The first kappa shape index (κ1) is 29.5. The van der Waals surface area contributed by atoms with Gasteiger partial charge in [-0.3, -0.25) is 19.2 Å². The third-order valence-electron chi connectivity index (χ3n) is 10.3. The standard InChI is InChI=1S/C32H46O7/c1-7-8-9-10-11-29(36)38-24-16-17-31(6)23(18-24)12-13-27-26-15-14-25(20(2)33)30(26,5)19-28(37-21(3)34)32(27,31)39-22(4)35/h12-13,24-26,28H,7-11,14-19H2,1-6H3/t24?,25-,26+,28?,30-,31+,32+/m1/s1. The van der Waals surface area contributed by atoms with E-state index in [1.807, 2.05) is 0 Å². The Morgan fingerprint density at radius 1 is 0.923 bits per heavy atom. The van der Waals surface area contributed by atoms with Gasteiger partial charge in [0.15, 0.2) is 5.60 Å². The zero-order chi connectivity index (χ0) is 28.6. The van der Waals surface area contributed by atoms with Crippen LogP contribution in [-0.2, 0) is 33.4 Å². The van der Waals surface area contributed by atoms with Crippen molar-refractivity contribution in [2.75, 3.05) is 0 Å². The number of hydrogen-bond donors (Lipinski definition) is 0. The Bertz CT molecular complexity index is 1070. The summed E-state index contributed by atoms with van der Waals surface area (Å²) in [6, 6.07) is 0. The molecule has 3 saturated carbocycles. The molecule has 0 N–H and O–H groups in total. The fourth-order valence-corrected chi connectivity index (χ4v) is 8.48. The summed E-state index contributed by atoms with van der Waals surface area (Å²) >= 11 is 0. The minimum atomic E-state index is -1.17. The summed E-state index contributed by atoms with van der Waals surface area (Å²) in [4.78, 5) is 50.5. The fraction of sp³-hybridized carbons (Fsp3) is 0.750. The lowest BCUT2D eigenvalue weighted by Crippen LogP contribution is -2.68. The van der Waals surface area contributed by atoms with Crippen LogP contribution in [0.5, 0.6) is 0 Å². The Labute approximate surface area is 233 Å². The van der Waals surface area contributed by atoms with E-state index in [0.717, 1.165) is 49.7 Å². The molecule has 0 spiro atoms. The molecule has 216 valence electrons. The van der Waals surface area contributed by atoms with Crippen LogP contribution in [0.15, 0.2) is 23.3 Å². The third-order valence-corrected chi connectivity index (χ3v) is 10.3. The maximum atomic E-state index is 12.8. The lowest BCUT2D eigenvalue weighted by atomic mass is 9.46. The average molecular weight is 543 g/mol. The van der Waals surface area contributed by atoms with Crippen molar-refractivity contribution in [2.24, 2.45) is 22.7 Å². The normalized spacial score (nSPS) is 36.9. The van der Waals surface area contributed by atoms with E-state index in [-0.39, 0.29) is 29.7 Å². The highest BCUT2D eigenvalue weighted by molar-refractivity contribution is 5.80. The second-order valence-electron chi connectivity index (χ2n) is 12.7. The minimum absolute atomic E-state index is 0.0332. The van der Waals surface area contributed by atoms with Crippen LogP contribution in [0.4, 0.5) is 0 Å². The Morgan fingerprint density at radius 2 is 1.67 bits per heavy atom. The summed E-state index contributed by atoms with van der Waals surface area (Å²) in [5.41, 5.74) is -0.195. The van der Waals surface area contributed by atoms with Crippen molar-refractivity contribution < 1.29 is 33.4 Å². The second-order valence-corrected chi connectivity index (χ2v) is 12.7. The van der Waals surface area contributed by atoms with Gasteiger partial charge in [0.1, 0.15) is 18.0 Å². The van der Waals surface area contributed by atoms with Gasteiger partial charge in [0.05, 0.1) is 0 Å². The van der Waals surface area contributed by atoms with Crippen molar-refractivity contribution in [3.8, 4) is 0 Å². The Hall–Kier alpha value is -2.44. The van der Waals surface area contributed by atoms with Gasteiger partial charge >= 0.3 is 17.9 Å². The molecule has 4 aliphatic carbocycles. The van der Waals surface area contributed by atoms with Crippen LogP contribution in [0.3, 0.4) is 0 Å². The first-order chi connectivity index (χ1) is 18.4. The SMILES string of the molecule is CCCCCCC(=O)OC1CC[C@@]2(C)C(=CC=C3[C@@H]4CC[C@H](C(C)=O)[C@@]4(C)CC(OC(C)=O)[C@@]32OC(C)=O)C1. The minimum Gasteiger partial charge on any atom is -0.462 e. The highest BCUT2D eigenvalue weighted by Crippen LogP contribution is 2.68. The number of ether oxygens (including phenoxy) is 3. The molecule has 0 amide bonds. The highest BCUT2D eigenvalue weighted by atomic mass is 16.6. The van der Waals surface area contributed by atoms with Gasteiger partial charge in [-0.25, -0.2) is 0 Å². The molecule has 0 aromatic heterocycles. The number of fused-ring (bicyclic) bond motifs is 5. The molecule has 7 atom stereocenters. The number of hydrogen-bond acceptors (Lipinski definition) is 7. The van der Waals surface area contributed by atoms with Crippen molar-refractivity contribution >= 4 is 23.7 Å². The molecule has 7 nitrogen and oxygen atoms in total. The summed E-state index contributed by atoms with van der Waals surface area (Å²) in [6.45, 7) is 10.8. The molecule has 39 heavy (non-hydrogen) atoms. The molecule has 0 saturated heterocycles. The molecule has 0 bridgehead atoms. The van der Waals surface area contributed by atoms with Gasteiger partial charge in [-0.15, -0.1) is 0 Å². The summed E-state index contributed by atoms with van der Waals surface area (Å²) < 4.78 is 18.3. The molecular weight excluding hydrogens is 496 g/mol. The zero-order valence-corrected chi connectivity index (χ0v) is 24.6. The average Bonchev–Trinajstić information content (AvgIpc) is 3.19. The van der Waals surface area contributed by atoms with Gasteiger partial charge in [-0.1, -0.05) is 57.8 Å². The summed E-state index contributed by atoms with van der Waals surface area (Å²) in [5.74, 6) is -0.971. The lowest BCUT2D eigenvalue weighted by Gasteiger charge is -2.62. The molecular formula is C32H46O7. The van der Waals surface area contributed by atoms with Crippen LogP contribution >= 0.6 is 0 Å². The number of ketones is 1. The van der Waals surface area contributed by atoms with E-state index < -0.39 is 34.5 Å². The number of rotatable bonds is 9. The highest BCUT2D eigenvalue weighted by Gasteiger charge is 2.71. The van der Waals surface area contributed by atoms with Crippen molar-refractivity contribution in [3.63, 3.8) is 0 Å². The number of carbonyl (C=O) groups is 4. The van der Waals surface area contributed by atoms with Crippen LogP contribution in [0, 0.1) is 22.7 Å². The van der Waals surface area contributed by atoms with Crippen LogP contribution in [0.25, 0.3) is 0 Å². The van der Waals surface area contributed by atoms with E-state index in [1.54, 1.807) is 6.92 Å². The predicted molar refractivity (Wildman–Crippen MR) is 146 cm³/mol. The Balaban J connectivity index is 1.71. The molecule has 7 heteroatoms. The smallest absolute Gasteiger partial charge is 0.306 e. The first-order valence-corrected chi connectivity index (χ1v) is 14.9. The number of unbranched alkanes of at least 4 members (excludes halogenated alkanes) is 3. The molecule has 4 aliphatic rings. The summed E-state index contributed by atoms with van der Waals surface area (Å²) in [6.07, 6.45) is 11.6. The third kappa shape index (κ3) is 5.11. The molecule has 0 radical (unpaired) electrons. The number of Topliss-reactive ketones (excluding diaryl/α,β-unsaturated/α-hetero) is 1. The van der Waals surface area contributed by atoms with E-state index in [1.165, 1.54) is 13.8 Å². The van der Waals surface area contributed by atoms with Crippen molar-refractivity contribution in [1.82, 2.24) is 0 Å². The quantitative estimate of drug-likeness (QED) is 0.195. The van der Waals surface area contributed by atoms with E-state index in [0.29, 0.717) is 32.1 Å². The fourth-order valence-electron chi connectivity index (χ4n) is 8.48. The molecule has 0 aromatic carbocycles. The molecule has 3 fully saturated rings.